The molecule has 150 valence electrons. The zero-order chi connectivity index (χ0) is 20.5. The number of amides is 4. The van der Waals surface area contributed by atoms with E-state index in [0.29, 0.717) is 6.42 Å². The quantitative estimate of drug-likeness (QED) is 0.720. The minimum absolute atomic E-state index is 0.253. The van der Waals surface area contributed by atoms with Gasteiger partial charge >= 0.3 is 6.03 Å². The fourth-order valence-electron chi connectivity index (χ4n) is 3.29. The number of fused-ring (bicyclic) bond motifs is 1. The first kappa shape index (κ1) is 20.3. The monoisotopic (exact) mass is 402 g/mol. The molecular weight excluding hydrogens is 376 g/mol. The maximum atomic E-state index is 12.8. The zero-order valence-corrected chi connectivity index (χ0v) is 17.5. The van der Waals surface area contributed by atoms with Crippen molar-refractivity contribution in [2.75, 3.05) is 13.6 Å². The number of carbonyl (C=O) groups excluding carboxylic acids is 3. The highest BCUT2D eigenvalue weighted by Gasteiger charge is 2.48. The van der Waals surface area contributed by atoms with Crippen LogP contribution >= 0.6 is 11.3 Å². The number of likely N-dealkylation sites (N-methyl/N-ethyl adjacent to an activating group) is 1. The number of hydrogen-bond acceptors (Lipinski definition) is 5. The first-order chi connectivity index (χ1) is 13.3. The lowest BCUT2D eigenvalue weighted by molar-refractivity contribution is -0.139. The summed E-state index contributed by atoms with van der Waals surface area (Å²) < 4.78 is 1.06. The number of thiazole rings is 1. The Morgan fingerprint density at radius 2 is 2.07 bits per heavy atom. The van der Waals surface area contributed by atoms with Crippen LogP contribution in [0.15, 0.2) is 24.3 Å². The predicted molar refractivity (Wildman–Crippen MR) is 109 cm³/mol. The molecule has 1 N–H and O–H groups in total. The number of imide groups is 1. The Kier molecular flexibility index (Phi) is 5.69. The van der Waals surface area contributed by atoms with Crippen LogP contribution < -0.4 is 5.32 Å². The molecule has 1 aliphatic heterocycles. The molecule has 1 aliphatic rings. The van der Waals surface area contributed by atoms with E-state index in [0.717, 1.165) is 33.0 Å². The molecule has 0 saturated carbocycles. The third-order valence-corrected chi connectivity index (χ3v) is 6.52. The molecule has 0 aliphatic carbocycles. The molecule has 1 fully saturated rings. The fraction of sp³-hybridized carbons (Fsp3) is 0.500. The maximum Gasteiger partial charge on any atom is 0.325 e. The molecule has 0 unspecified atom stereocenters. The highest BCUT2D eigenvalue weighted by atomic mass is 32.1. The van der Waals surface area contributed by atoms with Gasteiger partial charge < -0.3 is 10.2 Å². The number of para-hydroxylation sites is 1. The minimum atomic E-state index is -0.926. The van der Waals surface area contributed by atoms with Crippen LogP contribution in [0.25, 0.3) is 10.2 Å². The van der Waals surface area contributed by atoms with Gasteiger partial charge in [-0.2, -0.15) is 0 Å². The summed E-state index contributed by atoms with van der Waals surface area (Å²) in [4.78, 5) is 45.0. The topological polar surface area (TPSA) is 82.6 Å². The van der Waals surface area contributed by atoms with Crippen molar-refractivity contribution in [3.63, 3.8) is 0 Å². The largest absolute Gasteiger partial charge is 0.335 e. The summed E-state index contributed by atoms with van der Waals surface area (Å²) in [5.41, 5.74) is -0.0269. The Balaban J connectivity index is 1.69. The Morgan fingerprint density at radius 3 is 2.75 bits per heavy atom. The van der Waals surface area contributed by atoms with E-state index in [-0.39, 0.29) is 24.4 Å². The molecule has 3 rings (SSSR count). The van der Waals surface area contributed by atoms with E-state index in [2.05, 4.69) is 10.3 Å². The Morgan fingerprint density at radius 1 is 1.36 bits per heavy atom. The molecule has 0 spiro atoms. The van der Waals surface area contributed by atoms with Crippen LogP contribution in [0.1, 0.15) is 51.1 Å². The molecule has 1 aromatic carbocycles. The van der Waals surface area contributed by atoms with Crippen LogP contribution in [0, 0.1) is 0 Å². The van der Waals surface area contributed by atoms with Crippen molar-refractivity contribution in [1.29, 1.82) is 0 Å². The first-order valence-electron chi connectivity index (χ1n) is 9.52. The van der Waals surface area contributed by atoms with Gasteiger partial charge in [-0.3, -0.25) is 14.5 Å². The number of urea groups is 1. The van der Waals surface area contributed by atoms with Crippen molar-refractivity contribution >= 4 is 39.4 Å². The zero-order valence-electron chi connectivity index (χ0n) is 16.7. The van der Waals surface area contributed by atoms with Gasteiger partial charge in [-0.05, 0) is 32.4 Å². The lowest BCUT2D eigenvalue weighted by Gasteiger charge is -2.25. The first-order valence-corrected chi connectivity index (χ1v) is 10.3. The van der Waals surface area contributed by atoms with Crippen LogP contribution in [0.4, 0.5) is 4.79 Å². The molecule has 0 radical (unpaired) electrons. The smallest absolute Gasteiger partial charge is 0.325 e. The maximum absolute atomic E-state index is 12.8. The van der Waals surface area contributed by atoms with E-state index in [1.807, 2.05) is 38.1 Å². The summed E-state index contributed by atoms with van der Waals surface area (Å²) in [5, 5.41) is 3.57. The average Bonchev–Trinajstić information content (AvgIpc) is 3.20. The molecule has 2 atom stereocenters. The lowest BCUT2D eigenvalue weighted by Crippen LogP contribution is -2.45. The van der Waals surface area contributed by atoms with Gasteiger partial charge in [0.1, 0.15) is 17.1 Å². The second-order valence-electron chi connectivity index (χ2n) is 7.46. The molecule has 7 nitrogen and oxygen atoms in total. The number of aromatic nitrogens is 1. The molecule has 1 aromatic heterocycles. The second kappa shape index (κ2) is 7.87. The molecule has 1 saturated heterocycles. The van der Waals surface area contributed by atoms with E-state index in [1.54, 1.807) is 18.9 Å². The van der Waals surface area contributed by atoms with Gasteiger partial charge in [-0.25, -0.2) is 9.78 Å². The van der Waals surface area contributed by atoms with E-state index in [1.165, 1.54) is 11.3 Å². The molecule has 4 amide bonds. The van der Waals surface area contributed by atoms with Gasteiger partial charge in [0, 0.05) is 7.05 Å². The second-order valence-corrected chi connectivity index (χ2v) is 8.52. The molecular formula is C20H26N4O3S. The van der Waals surface area contributed by atoms with Gasteiger partial charge in [0.15, 0.2) is 0 Å². The van der Waals surface area contributed by atoms with Crippen molar-refractivity contribution in [3.05, 3.63) is 29.3 Å². The van der Waals surface area contributed by atoms with E-state index in [4.69, 9.17) is 0 Å². The Hall–Kier alpha value is -2.48. The number of benzene rings is 1. The van der Waals surface area contributed by atoms with Gasteiger partial charge in [0.25, 0.3) is 5.91 Å². The third-order valence-electron chi connectivity index (χ3n) is 5.31. The van der Waals surface area contributed by atoms with Crippen LogP contribution in [0.5, 0.6) is 0 Å². The fourth-order valence-corrected chi connectivity index (χ4v) is 4.35. The predicted octanol–water partition coefficient (Wildman–Crippen LogP) is 3.32. The van der Waals surface area contributed by atoms with Gasteiger partial charge in [-0.1, -0.05) is 31.9 Å². The number of rotatable bonds is 7. The average molecular weight is 403 g/mol. The summed E-state index contributed by atoms with van der Waals surface area (Å²) in [6.45, 7) is 5.39. The summed E-state index contributed by atoms with van der Waals surface area (Å²) in [6.07, 6.45) is 2.33. The van der Waals surface area contributed by atoms with Crippen LogP contribution in [0.2, 0.25) is 0 Å². The van der Waals surface area contributed by atoms with Crippen LogP contribution in [-0.4, -0.2) is 51.8 Å². The molecule has 8 heteroatoms. The van der Waals surface area contributed by atoms with E-state index in [9.17, 15) is 14.4 Å². The van der Waals surface area contributed by atoms with Crippen molar-refractivity contribution in [2.24, 2.45) is 0 Å². The summed E-state index contributed by atoms with van der Waals surface area (Å²) in [6, 6.07) is 7.06. The normalized spacial score (nSPS) is 20.5. The number of hydrogen-bond donors (Lipinski definition) is 1. The van der Waals surface area contributed by atoms with Crippen molar-refractivity contribution in [1.82, 2.24) is 20.1 Å². The highest BCUT2D eigenvalue weighted by molar-refractivity contribution is 7.18. The number of nitrogens with one attached hydrogen (secondary N) is 1. The molecule has 0 bridgehead atoms. The SMILES string of the molecule is CCCC[C@]1(C)NC(=O)N(CC(=O)N(C)[C@H](C)c2nc3ccccc3s2)C1=O. The van der Waals surface area contributed by atoms with E-state index < -0.39 is 11.6 Å². The van der Waals surface area contributed by atoms with Crippen molar-refractivity contribution in [3.8, 4) is 0 Å². The number of unbranched alkanes of at least 4 members (excludes halogenated alkanes) is 1. The Labute approximate surface area is 168 Å². The minimum Gasteiger partial charge on any atom is -0.335 e. The standard InChI is InChI=1S/C20H26N4O3S/c1-5-6-11-20(3)18(26)24(19(27)22-20)12-16(25)23(4)13(2)17-21-14-9-7-8-10-15(14)28-17/h7-10,13H,5-6,11-12H2,1-4H3,(H,22,27)/t13-,20+/m1/s1. The summed E-state index contributed by atoms with van der Waals surface area (Å²) in [7, 11) is 1.67. The number of nitrogens with zero attached hydrogens (tertiary/aromatic N) is 3. The van der Waals surface area contributed by atoms with Gasteiger partial charge in [0.05, 0.1) is 16.3 Å². The molecule has 28 heavy (non-hydrogen) atoms. The van der Waals surface area contributed by atoms with Gasteiger partial charge in [-0.15, -0.1) is 11.3 Å². The van der Waals surface area contributed by atoms with Crippen molar-refractivity contribution < 1.29 is 14.4 Å². The lowest BCUT2D eigenvalue weighted by atomic mass is 9.95. The number of carbonyl (C=O) groups is 3. The molecule has 2 aromatic rings. The van der Waals surface area contributed by atoms with Gasteiger partial charge in [0.2, 0.25) is 5.91 Å². The van der Waals surface area contributed by atoms with Crippen LogP contribution in [0.3, 0.4) is 0 Å². The summed E-state index contributed by atoms with van der Waals surface area (Å²) in [5.74, 6) is -0.629. The third kappa shape index (κ3) is 3.73. The molecule has 2 heterocycles. The van der Waals surface area contributed by atoms with Crippen molar-refractivity contribution in [2.45, 2.75) is 51.6 Å². The van der Waals surface area contributed by atoms with Crippen LogP contribution in [-0.2, 0) is 9.59 Å². The summed E-state index contributed by atoms with van der Waals surface area (Å²) >= 11 is 1.54. The van der Waals surface area contributed by atoms with E-state index >= 15 is 0 Å². The highest BCUT2D eigenvalue weighted by Crippen LogP contribution is 2.29. The Bertz CT molecular complexity index is 879.